The number of nitrogen functional groups attached to an aromatic ring is 1. The minimum atomic E-state index is -0.0622. The Balaban J connectivity index is 1.71. The lowest BCUT2D eigenvalue weighted by atomic mass is 10.0. The molecule has 0 aliphatic carbocycles. The van der Waals surface area contributed by atoms with E-state index < -0.39 is 0 Å². The molecule has 7 heteroatoms. The molecule has 3 N–H and O–H groups in total. The summed E-state index contributed by atoms with van der Waals surface area (Å²) in [4.78, 5) is 33.8. The fraction of sp³-hybridized carbons (Fsp3) is 0.333. The van der Waals surface area contributed by atoms with E-state index in [2.05, 4.69) is 15.3 Å². The quantitative estimate of drug-likeness (QED) is 0.882. The molecule has 0 radical (unpaired) electrons. The summed E-state index contributed by atoms with van der Waals surface area (Å²) in [5, 5.41) is 2.90. The maximum Gasteiger partial charge on any atom is 0.253 e. The number of hydrogen-bond donors (Lipinski definition) is 2. The number of anilines is 1. The summed E-state index contributed by atoms with van der Waals surface area (Å²) in [6, 6.07) is 9.08. The van der Waals surface area contributed by atoms with Gasteiger partial charge in [-0.2, -0.15) is 0 Å². The molecule has 2 aromatic rings. The molecule has 3 rings (SSSR count). The molecule has 130 valence electrons. The average Bonchev–Trinajstić information content (AvgIpc) is 2.61. The second-order valence-corrected chi connectivity index (χ2v) is 6.17. The van der Waals surface area contributed by atoms with Crippen LogP contribution >= 0.6 is 0 Å². The Morgan fingerprint density at radius 2 is 2.00 bits per heavy atom. The minimum Gasteiger partial charge on any atom is -0.368 e. The number of nitrogens with two attached hydrogens (primary N) is 1. The van der Waals surface area contributed by atoms with Gasteiger partial charge in [0, 0.05) is 43.4 Å². The highest BCUT2D eigenvalue weighted by Gasteiger charge is 2.24. The third kappa shape index (κ3) is 4.12. The molecule has 7 nitrogen and oxygen atoms in total. The molecule has 1 saturated heterocycles. The molecule has 0 spiro atoms. The Labute approximate surface area is 146 Å². The van der Waals surface area contributed by atoms with Crippen LogP contribution in [0.15, 0.2) is 36.5 Å². The molecule has 0 unspecified atom stereocenters. The number of hydrogen-bond acceptors (Lipinski definition) is 5. The number of benzene rings is 1. The van der Waals surface area contributed by atoms with Crippen LogP contribution in [-0.2, 0) is 4.79 Å². The number of aromatic nitrogens is 2. The normalized spacial score (nSPS) is 17.2. The van der Waals surface area contributed by atoms with E-state index >= 15 is 0 Å². The lowest BCUT2D eigenvalue weighted by Crippen LogP contribution is -2.49. The zero-order valence-corrected chi connectivity index (χ0v) is 14.1. The average molecular weight is 339 g/mol. The van der Waals surface area contributed by atoms with Gasteiger partial charge in [0.2, 0.25) is 11.9 Å². The highest BCUT2D eigenvalue weighted by molar-refractivity contribution is 5.94. The van der Waals surface area contributed by atoms with Crippen molar-refractivity contribution < 1.29 is 9.59 Å². The number of piperidine rings is 1. The molecular weight excluding hydrogens is 318 g/mol. The lowest BCUT2D eigenvalue weighted by Gasteiger charge is -2.33. The molecule has 0 saturated carbocycles. The van der Waals surface area contributed by atoms with Crippen molar-refractivity contribution in [3.05, 3.63) is 42.1 Å². The number of likely N-dealkylation sites (tertiary alicyclic amines) is 1. The number of carbonyl (C=O) groups is 2. The Morgan fingerprint density at radius 3 is 2.68 bits per heavy atom. The van der Waals surface area contributed by atoms with Gasteiger partial charge in [-0.25, -0.2) is 9.97 Å². The zero-order chi connectivity index (χ0) is 17.8. The van der Waals surface area contributed by atoms with E-state index in [0.29, 0.717) is 18.7 Å². The second-order valence-electron chi connectivity index (χ2n) is 6.17. The van der Waals surface area contributed by atoms with Crippen molar-refractivity contribution in [2.24, 2.45) is 0 Å². The van der Waals surface area contributed by atoms with Crippen LogP contribution in [0.1, 0.15) is 30.1 Å². The van der Waals surface area contributed by atoms with Crippen LogP contribution in [0, 0.1) is 0 Å². The number of nitrogens with one attached hydrogen (secondary N) is 1. The van der Waals surface area contributed by atoms with Crippen molar-refractivity contribution in [3.63, 3.8) is 0 Å². The third-order valence-electron chi connectivity index (χ3n) is 4.22. The van der Waals surface area contributed by atoms with Gasteiger partial charge in [0.05, 0.1) is 5.69 Å². The maximum atomic E-state index is 12.7. The van der Waals surface area contributed by atoms with E-state index in [4.69, 9.17) is 5.73 Å². The summed E-state index contributed by atoms with van der Waals surface area (Å²) in [6.07, 6.45) is 3.39. The molecule has 1 aromatic heterocycles. The van der Waals surface area contributed by atoms with Gasteiger partial charge in [0.25, 0.3) is 5.91 Å². The zero-order valence-electron chi connectivity index (χ0n) is 14.1. The van der Waals surface area contributed by atoms with E-state index in [-0.39, 0.29) is 23.8 Å². The molecule has 1 aliphatic rings. The van der Waals surface area contributed by atoms with Crippen molar-refractivity contribution in [2.45, 2.75) is 25.8 Å². The van der Waals surface area contributed by atoms with Crippen molar-refractivity contribution in [3.8, 4) is 11.3 Å². The minimum absolute atomic E-state index is 0.0243. The van der Waals surface area contributed by atoms with Gasteiger partial charge >= 0.3 is 0 Å². The van der Waals surface area contributed by atoms with Crippen LogP contribution in [0.4, 0.5) is 5.95 Å². The number of carbonyl (C=O) groups excluding carboxylic acids is 2. The van der Waals surface area contributed by atoms with Crippen molar-refractivity contribution >= 4 is 17.8 Å². The van der Waals surface area contributed by atoms with Crippen LogP contribution in [0.2, 0.25) is 0 Å². The Morgan fingerprint density at radius 1 is 1.24 bits per heavy atom. The van der Waals surface area contributed by atoms with E-state index in [1.54, 1.807) is 29.3 Å². The molecular formula is C18H21N5O2. The fourth-order valence-electron chi connectivity index (χ4n) is 3.07. The van der Waals surface area contributed by atoms with Gasteiger partial charge in [0.1, 0.15) is 0 Å². The van der Waals surface area contributed by atoms with Crippen molar-refractivity contribution in [1.29, 1.82) is 0 Å². The van der Waals surface area contributed by atoms with Crippen LogP contribution in [0.5, 0.6) is 0 Å². The summed E-state index contributed by atoms with van der Waals surface area (Å²) in [7, 11) is 0. The van der Waals surface area contributed by atoms with E-state index in [0.717, 1.165) is 24.1 Å². The van der Waals surface area contributed by atoms with Gasteiger partial charge in [0.15, 0.2) is 0 Å². The molecule has 1 fully saturated rings. The molecule has 0 bridgehead atoms. The first-order valence-electron chi connectivity index (χ1n) is 8.28. The van der Waals surface area contributed by atoms with Crippen LogP contribution in [-0.4, -0.2) is 45.8 Å². The molecule has 1 aromatic carbocycles. The summed E-state index contributed by atoms with van der Waals surface area (Å²) >= 11 is 0. The smallest absolute Gasteiger partial charge is 0.253 e. The van der Waals surface area contributed by atoms with E-state index in [1.165, 1.54) is 6.92 Å². The Kier molecular flexibility index (Phi) is 4.92. The van der Waals surface area contributed by atoms with Gasteiger partial charge in [-0.1, -0.05) is 12.1 Å². The molecule has 2 amide bonds. The number of rotatable bonds is 3. The largest absolute Gasteiger partial charge is 0.368 e. The Hall–Kier alpha value is -2.96. The van der Waals surface area contributed by atoms with Crippen molar-refractivity contribution in [2.75, 3.05) is 18.8 Å². The van der Waals surface area contributed by atoms with E-state index in [9.17, 15) is 9.59 Å². The van der Waals surface area contributed by atoms with Crippen LogP contribution < -0.4 is 11.1 Å². The van der Waals surface area contributed by atoms with Gasteiger partial charge in [-0.15, -0.1) is 0 Å². The molecule has 1 atom stereocenters. The first-order chi connectivity index (χ1) is 12.0. The van der Waals surface area contributed by atoms with Crippen LogP contribution in [0.3, 0.4) is 0 Å². The number of nitrogens with zero attached hydrogens (tertiary/aromatic N) is 3. The molecule has 1 aliphatic heterocycles. The predicted molar refractivity (Wildman–Crippen MR) is 94.6 cm³/mol. The lowest BCUT2D eigenvalue weighted by molar-refractivity contribution is -0.120. The highest BCUT2D eigenvalue weighted by atomic mass is 16.2. The summed E-state index contributed by atoms with van der Waals surface area (Å²) in [5.41, 5.74) is 7.82. The molecule has 2 heterocycles. The number of amides is 2. The first kappa shape index (κ1) is 16.9. The van der Waals surface area contributed by atoms with Gasteiger partial charge in [-0.05, 0) is 31.0 Å². The van der Waals surface area contributed by atoms with Gasteiger partial charge < -0.3 is 16.0 Å². The topological polar surface area (TPSA) is 101 Å². The first-order valence-corrected chi connectivity index (χ1v) is 8.28. The summed E-state index contributed by atoms with van der Waals surface area (Å²) < 4.78 is 0. The molecule has 25 heavy (non-hydrogen) atoms. The highest BCUT2D eigenvalue weighted by Crippen LogP contribution is 2.19. The maximum absolute atomic E-state index is 12.7. The predicted octanol–water partition coefficient (Wildman–Crippen LogP) is 1.47. The second kappa shape index (κ2) is 7.29. The summed E-state index contributed by atoms with van der Waals surface area (Å²) in [5.74, 6) is 0.131. The Bertz CT molecular complexity index is 775. The third-order valence-corrected chi connectivity index (χ3v) is 4.22. The SMILES string of the molecule is CC(=O)N[C@H]1CCCN(C(=O)c2ccc(-c3ccnc(N)n3)cc2)C1. The standard InChI is InChI=1S/C18H21N5O2/c1-12(24)21-15-3-2-10-23(11-15)17(25)14-6-4-13(5-7-14)16-8-9-20-18(19)22-16/h4-9,15H,2-3,10-11H2,1H3,(H,21,24)(H2,19,20,22)/t15-/m0/s1. The van der Waals surface area contributed by atoms with Crippen molar-refractivity contribution in [1.82, 2.24) is 20.2 Å². The van der Waals surface area contributed by atoms with E-state index in [1.807, 2.05) is 12.1 Å². The monoisotopic (exact) mass is 339 g/mol. The fourth-order valence-corrected chi connectivity index (χ4v) is 3.07. The van der Waals surface area contributed by atoms with Crippen LogP contribution in [0.25, 0.3) is 11.3 Å². The van der Waals surface area contributed by atoms with Gasteiger partial charge in [-0.3, -0.25) is 9.59 Å². The summed E-state index contributed by atoms with van der Waals surface area (Å²) in [6.45, 7) is 2.75.